The van der Waals surface area contributed by atoms with E-state index in [9.17, 15) is 0 Å². The van der Waals surface area contributed by atoms with Crippen molar-refractivity contribution in [1.82, 2.24) is 14.9 Å². The number of imidazole rings is 1. The van der Waals surface area contributed by atoms with Crippen molar-refractivity contribution in [1.29, 1.82) is 0 Å². The van der Waals surface area contributed by atoms with Gasteiger partial charge in [-0.2, -0.15) is 11.8 Å². The Morgan fingerprint density at radius 2 is 2.40 bits per heavy atom. The monoisotopic (exact) mass is 307 g/mol. The fourth-order valence-electron chi connectivity index (χ4n) is 2.94. The molecule has 1 aliphatic carbocycles. The molecule has 5 heteroatoms. The number of nitrogens with zero attached hydrogens (tertiary/aromatic N) is 2. The first-order valence-electron chi connectivity index (χ1n) is 7.07. The summed E-state index contributed by atoms with van der Waals surface area (Å²) < 4.78 is 2.12. The first-order chi connectivity index (χ1) is 9.78. The van der Waals surface area contributed by atoms with Gasteiger partial charge in [-0.3, -0.25) is 0 Å². The Balaban J connectivity index is 1.79. The third kappa shape index (κ3) is 2.95. The Hall–Kier alpha value is -0.780. The van der Waals surface area contributed by atoms with Crippen LogP contribution in [0.3, 0.4) is 0 Å². The summed E-state index contributed by atoms with van der Waals surface area (Å²) in [6.45, 7) is 0. The molecule has 3 rings (SSSR count). The van der Waals surface area contributed by atoms with E-state index in [1.54, 1.807) is 11.3 Å². The molecule has 108 valence electrons. The Morgan fingerprint density at radius 1 is 1.50 bits per heavy atom. The third-order valence-electron chi connectivity index (χ3n) is 4.06. The Morgan fingerprint density at radius 3 is 3.00 bits per heavy atom. The average molecular weight is 307 g/mol. The second-order valence-electron chi connectivity index (χ2n) is 5.38. The zero-order valence-corrected chi connectivity index (χ0v) is 13.6. The first-order valence-corrected chi connectivity index (χ1v) is 9.24. The summed E-state index contributed by atoms with van der Waals surface area (Å²) in [5, 5.41) is 6.80. The number of thioether (sulfide) groups is 1. The number of hydrogen-bond donors (Lipinski definition) is 1. The van der Waals surface area contributed by atoms with Crippen LogP contribution in [0.1, 0.15) is 36.0 Å². The summed E-state index contributed by atoms with van der Waals surface area (Å²) in [6, 6.07) is 5.16. The molecule has 1 saturated carbocycles. The predicted octanol–water partition coefficient (Wildman–Crippen LogP) is 3.44. The molecule has 2 aromatic heterocycles. The largest absolute Gasteiger partial charge is 0.336 e. The first kappa shape index (κ1) is 14.2. The van der Waals surface area contributed by atoms with Crippen LogP contribution in [0.25, 0.3) is 0 Å². The lowest BCUT2D eigenvalue weighted by Crippen LogP contribution is -2.33. The Labute approximate surface area is 128 Å². The molecule has 3 atom stereocenters. The molecule has 0 aromatic carbocycles. The maximum absolute atomic E-state index is 4.56. The highest BCUT2D eigenvalue weighted by Gasteiger charge is 2.28. The molecule has 0 aliphatic heterocycles. The van der Waals surface area contributed by atoms with E-state index in [0.717, 1.165) is 11.1 Å². The Bertz CT molecular complexity index is 535. The second kappa shape index (κ2) is 6.33. The van der Waals surface area contributed by atoms with Crippen molar-refractivity contribution in [2.75, 3.05) is 6.26 Å². The zero-order chi connectivity index (χ0) is 13.9. The molecule has 3 unspecified atom stereocenters. The van der Waals surface area contributed by atoms with Crippen molar-refractivity contribution in [2.45, 2.75) is 36.6 Å². The van der Waals surface area contributed by atoms with E-state index in [0.29, 0.717) is 6.04 Å². The summed E-state index contributed by atoms with van der Waals surface area (Å²) in [4.78, 5) is 5.91. The van der Waals surface area contributed by atoms with Gasteiger partial charge in [-0.05, 0) is 37.0 Å². The van der Waals surface area contributed by atoms with Crippen LogP contribution < -0.4 is 5.32 Å². The molecule has 0 radical (unpaired) electrons. The number of rotatable bonds is 5. The van der Waals surface area contributed by atoms with Gasteiger partial charge in [-0.1, -0.05) is 6.07 Å². The molecule has 20 heavy (non-hydrogen) atoms. The minimum absolute atomic E-state index is 0.223. The number of aryl methyl sites for hydroxylation is 1. The number of aromatic nitrogens is 2. The standard InChI is InChI=1S/C15H21N3S2/c1-18-8-7-16-15(18)14(13-4-3-9-20-13)17-11-5-6-12(10-11)19-2/h3-4,7-9,11-12,14,17H,5-6,10H2,1-2H3. The van der Waals surface area contributed by atoms with Crippen molar-refractivity contribution < 1.29 is 0 Å². The van der Waals surface area contributed by atoms with Crippen LogP contribution in [0.15, 0.2) is 29.9 Å². The van der Waals surface area contributed by atoms with E-state index < -0.39 is 0 Å². The summed E-state index contributed by atoms with van der Waals surface area (Å²) in [5.74, 6) is 1.11. The maximum Gasteiger partial charge on any atom is 0.131 e. The van der Waals surface area contributed by atoms with Gasteiger partial charge < -0.3 is 9.88 Å². The summed E-state index contributed by atoms with van der Waals surface area (Å²) >= 11 is 3.81. The highest BCUT2D eigenvalue weighted by molar-refractivity contribution is 7.99. The lowest BCUT2D eigenvalue weighted by Gasteiger charge is -2.22. The third-order valence-corrected chi connectivity index (χ3v) is 6.10. The normalized spacial score (nSPS) is 24.1. The maximum atomic E-state index is 4.56. The molecule has 1 aliphatic rings. The lowest BCUT2D eigenvalue weighted by molar-refractivity contribution is 0.463. The van der Waals surface area contributed by atoms with Gasteiger partial charge in [0.25, 0.3) is 0 Å². The molecule has 3 nitrogen and oxygen atoms in total. The van der Waals surface area contributed by atoms with Crippen LogP contribution in [-0.4, -0.2) is 27.1 Å². The van der Waals surface area contributed by atoms with E-state index in [2.05, 4.69) is 45.7 Å². The van der Waals surface area contributed by atoms with Gasteiger partial charge in [-0.25, -0.2) is 4.98 Å². The minimum atomic E-state index is 0.223. The van der Waals surface area contributed by atoms with Crippen LogP contribution >= 0.6 is 23.1 Å². The van der Waals surface area contributed by atoms with Crippen molar-refractivity contribution in [3.8, 4) is 0 Å². The molecule has 2 aromatic rings. The fourth-order valence-corrected chi connectivity index (χ4v) is 4.51. The minimum Gasteiger partial charge on any atom is -0.336 e. The molecule has 1 N–H and O–H groups in total. The second-order valence-corrected chi connectivity index (χ2v) is 7.50. The van der Waals surface area contributed by atoms with Gasteiger partial charge in [0.05, 0.1) is 0 Å². The van der Waals surface area contributed by atoms with Gasteiger partial charge >= 0.3 is 0 Å². The van der Waals surface area contributed by atoms with Crippen molar-refractivity contribution in [3.05, 3.63) is 40.6 Å². The smallest absolute Gasteiger partial charge is 0.131 e. The van der Waals surface area contributed by atoms with Crippen molar-refractivity contribution in [2.24, 2.45) is 7.05 Å². The van der Waals surface area contributed by atoms with E-state index in [-0.39, 0.29) is 6.04 Å². The van der Waals surface area contributed by atoms with E-state index >= 15 is 0 Å². The predicted molar refractivity (Wildman–Crippen MR) is 87.4 cm³/mol. The number of nitrogens with one attached hydrogen (secondary N) is 1. The number of hydrogen-bond acceptors (Lipinski definition) is 4. The molecule has 0 amide bonds. The van der Waals surface area contributed by atoms with E-state index in [1.807, 2.05) is 24.2 Å². The highest BCUT2D eigenvalue weighted by Crippen LogP contribution is 2.32. The zero-order valence-electron chi connectivity index (χ0n) is 12.0. The molecular formula is C15H21N3S2. The lowest BCUT2D eigenvalue weighted by atomic mass is 10.1. The molecule has 1 fully saturated rings. The van der Waals surface area contributed by atoms with Gasteiger partial charge in [0.1, 0.15) is 11.9 Å². The van der Waals surface area contributed by atoms with Crippen molar-refractivity contribution in [3.63, 3.8) is 0 Å². The van der Waals surface area contributed by atoms with Gasteiger partial charge in [0.2, 0.25) is 0 Å². The van der Waals surface area contributed by atoms with Crippen LogP contribution in [-0.2, 0) is 7.05 Å². The topological polar surface area (TPSA) is 29.9 Å². The summed E-state index contributed by atoms with van der Waals surface area (Å²) in [5.41, 5.74) is 0. The van der Waals surface area contributed by atoms with Gasteiger partial charge in [0, 0.05) is 35.6 Å². The van der Waals surface area contributed by atoms with E-state index in [4.69, 9.17) is 0 Å². The molecule has 0 bridgehead atoms. The van der Waals surface area contributed by atoms with Gasteiger partial charge in [-0.15, -0.1) is 11.3 Å². The fraction of sp³-hybridized carbons (Fsp3) is 0.533. The molecule has 0 spiro atoms. The summed E-state index contributed by atoms with van der Waals surface area (Å²) in [6.07, 6.45) is 10.0. The van der Waals surface area contributed by atoms with Crippen LogP contribution in [0, 0.1) is 0 Å². The van der Waals surface area contributed by atoms with Crippen LogP contribution in [0.4, 0.5) is 0 Å². The quantitative estimate of drug-likeness (QED) is 0.917. The van der Waals surface area contributed by atoms with Gasteiger partial charge in [0.15, 0.2) is 0 Å². The average Bonchev–Trinajstić information content (AvgIpc) is 3.18. The summed E-state index contributed by atoms with van der Waals surface area (Å²) in [7, 11) is 2.07. The van der Waals surface area contributed by atoms with Crippen LogP contribution in [0.2, 0.25) is 0 Å². The van der Waals surface area contributed by atoms with Crippen molar-refractivity contribution >= 4 is 23.1 Å². The Kier molecular flexibility index (Phi) is 4.48. The highest BCUT2D eigenvalue weighted by atomic mass is 32.2. The van der Waals surface area contributed by atoms with E-state index in [1.165, 1.54) is 24.1 Å². The molecular weight excluding hydrogens is 286 g/mol. The SMILES string of the molecule is CSC1CCC(NC(c2cccs2)c2nccn2C)C1. The number of thiophene rings is 1. The molecule has 2 heterocycles. The molecule has 0 saturated heterocycles. The van der Waals surface area contributed by atoms with Crippen LogP contribution in [0.5, 0.6) is 0 Å².